The first-order chi connectivity index (χ1) is 9.63. The number of hydrogen-bond donors (Lipinski definition) is 0. The van der Waals surface area contributed by atoms with Crippen molar-refractivity contribution in [1.29, 1.82) is 5.26 Å². The van der Waals surface area contributed by atoms with Gasteiger partial charge in [-0.2, -0.15) is 5.26 Å². The normalized spacial score (nSPS) is 23.1. The number of nitriles is 1. The highest BCUT2D eigenvalue weighted by Crippen LogP contribution is 2.17. The van der Waals surface area contributed by atoms with Crippen molar-refractivity contribution in [3.8, 4) is 6.07 Å². The summed E-state index contributed by atoms with van der Waals surface area (Å²) >= 11 is 0. The third kappa shape index (κ3) is 3.35. The number of carbonyl (C=O) groups excluding carboxylic acids is 1. The first-order valence-corrected chi connectivity index (χ1v) is 6.57. The van der Waals surface area contributed by atoms with Gasteiger partial charge in [0.15, 0.2) is 6.10 Å². The highest BCUT2D eigenvalue weighted by molar-refractivity contribution is 5.75. The van der Waals surface area contributed by atoms with Crippen LogP contribution in [-0.2, 0) is 20.8 Å². The van der Waals surface area contributed by atoms with E-state index in [1.165, 1.54) is 7.11 Å². The van der Waals surface area contributed by atoms with Crippen LogP contribution in [0.3, 0.4) is 0 Å². The van der Waals surface area contributed by atoms with Gasteiger partial charge < -0.3 is 9.47 Å². The van der Waals surface area contributed by atoms with E-state index in [-0.39, 0.29) is 12.1 Å². The molecule has 0 saturated carbocycles. The summed E-state index contributed by atoms with van der Waals surface area (Å²) < 4.78 is 10.3. The highest BCUT2D eigenvalue weighted by atomic mass is 16.6. The Balaban J connectivity index is 2.09. The van der Waals surface area contributed by atoms with Crippen LogP contribution in [0, 0.1) is 11.3 Å². The van der Waals surface area contributed by atoms with Crippen LogP contribution in [0.15, 0.2) is 24.3 Å². The molecule has 0 unspecified atom stereocenters. The average Bonchev–Trinajstić information content (AvgIpc) is 2.46. The predicted octanol–water partition coefficient (Wildman–Crippen LogP) is 1.32. The molecule has 0 spiro atoms. The summed E-state index contributed by atoms with van der Waals surface area (Å²) in [4.78, 5) is 13.7. The molecule has 1 aromatic rings. The van der Waals surface area contributed by atoms with Gasteiger partial charge in [-0.05, 0) is 18.6 Å². The Labute approximate surface area is 118 Å². The Hall–Kier alpha value is -1.90. The molecule has 5 nitrogen and oxygen atoms in total. The van der Waals surface area contributed by atoms with Crippen LogP contribution in [0.25, 0.3) is 0 Å². The predicted molar refractivity (Wildman–Crippen MR) is 72.8 cm³/mol. The zero-order valence-corrected chi connectivity index (χ0v) is 11.7. The van der Waals surface area contributed by atoms with E-state index in [9.17, 15) is 4.79 Å². The maximum atomic E-state index is 11.6. The lowest BCUT2D eigenvalue weighted by atomic mass is 10.1. The molecule has 0 radical (unpaired) electrons. The second kappa shape index (κ2) is 6.51. The SMILES string of the molecule is COC(=O)[C@@H]1CN(Cc2ccccc2C#N)C[C@@H](C)O1. The Morgan fingerprint density at radius 2 is 2.25 bits per heavy atom. The molecule has 0 N–H and O–H groups in total. The summed E-state index contributed by atoms with van der Waals surface area (Å²) in [5.41, 5.74) is 1.63. The quantitative estimate of drug-likeness (QED) is 0.778. The molecule has 1 aromatic carbocycles. The van der Waals surface area contributed by atoms with Crippen molar-refractivity contribution < 1.29 is 14.3 Å². The molecule has 1 aliphatic heterocycles. The molecule has 0 amide bonds. The molecule has 106 valence electrons. The van der Waals surface area contributed by atoms with Crippen molar-refractivity contribution in [3.05, 3.63) is 35.4 Å². The number of esters is 1. The van der Waals surface area contributed by atoms with Gasteiger partial charge in [-0.15, -0.1) is 0 Å². The van der Waals surface area contributed by atoms with Gasteiger partial charge in [0.2, 0.25) is 0 Å². The van der Waals surface area contributed by atoms with Crippen LogP contribution >= 0.6 is 0 Å². The Kier molecular flexibility index (Phi) is 4.72. The van der Waals surface area contributed by atoms with Gasteiger partial charge in [0.1, 0.15) is 0 Å². The highest BCUT2D eigenvalue weighted by Gasteiger charge is 2.31. The Bertz CT molecular complexity index is 524. The number of methoxy groups -OCH3 is 1. The molecule has 2 rings (SSSR count). The second-order valence-electron chi connectivity index (χ2n) is 4.92. The van der Waals surface area contributed by atoms with Gasteiger partial charge in [-0.1, -0.05) is 18.2 Å². The lowest BCUT2D eigenvalue weighted by Gasteiger charge is -2.35. The van der Waals surface area contributed by atoms with Crippen LogP contribution in [0.2, 0.25) is 0 Å². The van der Waals surface area contributed by atoms with Crippen LogP contribution < -0.4 is 0 Å². The molecule has 20 heavy (non-hydrogen) atoms. The molecule has 1 heterocycles. The smallest absolute Gasteiger partial charge is 0.336 e. The van der Waals surface area contributed by atoms with E-state index in [4.69, 9.17) is 14.7 Å². The van der Waals surface area contributed by atoms with E-state index >= 15 is 0 Å². The second-order valence-corrected chi connectivity index (χ2v) is 4.92. The number of nitrogens with zero attached hydrogens (tertiary/aromatic N) is 2. The number of rotatable bonds is 3. The molecule has 1 fully saturated rings. The van der Waals surface area contributed by atoms with Crippen LogP contribution in [0.4, 0.5) is 0 Å². The topological polar surface area (TPSA) is 62.6 Å². The Morgan fingerprint density at radius 3 is 2.95 bits per heavy atom. The van der Waals surface area contributed by atoms with E-state index in [2.05, 4.69) is 11.0 Å². The number of morpholine rings is 1. The van der Waals surface area contributed by atoms with E-state index in [0.29, 0.717) is 18.7 Å². The minimum Gasteiger partial charge on any atom is -0.467 e. The van der Waals surface area contributed by atoms with E-state index < -0.39 is 6.10 Å². The number of hydrogen-bond acceptors (Lipinski definition) is 5. The number of carbonyl (C=O) groups is 1. The standard InChI is InChI=1S/C15H18N2O3/c1-11-8-17(10-14(20-11)15(18)19-2)9-13-6-4-3-5-12(13)7-16/h3-6,11,14H,8-10H2,1-2H3/t11-,14+/m1/s1. The van der Waals surface area contributed by atoms with Crippen molar-refractivity contribution in [3.63, 3.8) is 0 Å². The molecule has 0 aliphatic carbocycles. The minimum absolute atomic E-state index is 0.0397. The summed E-state index contributed by atoms with van der Waals surface area (Å²) in [6, 6.07) is 9.69. The zero-order chi connectivity index (χ0) is 14.5. The third-order valence-electron chi connectivity index (χ3n) is 3.33. The lowest BCUT2D eigenvalue weighted by Crippen LogP contribution is -2.49. The molecule has 0 aromatic heterocycles. The van der Waals surface area contributed by atoms with Gasteiger partial charge >= 0.3 is 5.97 Å². The summed E-state index contributed by atoms with van der Waals surface area (Å²) in [6.45, 7) is 3.77. The van der Waals surface area contributed by atoms with Crippen molar-refractivity contribution in [2.45, 2.75) is 25.7 Å². The zero-order valence-electron chi connectivity index (χ0n) is 11.7. The summed E-state index contributed by atoms with van der Waals surface area (Å²) in [6.07, 6.45) is -0.597. The van der Waals surface area contributed by atoms with Crippen molar-refractivity contribution in [1.82, 2.24) is 4.90 Å². The molecular formula is C15H18N2O3. The summed E-state index contributed by atoms with van der Waals surface area (Å²) in [7, 11) is 1.36. The first kappa shape index (κ1) is 14.5. The van der Waals surface area contributed by atoms with Crippen LogP contribution in [-0.4, -0.2) is 43.3 Å². The van der Waals surface area contributed by atoms with Crippen molar-refractivity contribution in [2.75, 3.05) is 20.2 Å². The number of benzene rings is 1. The van der Waals surface area contributed by atoms with Crippen LogP contribution in [0.5, 0.6) is 0 Å². The summed E-state index contributed by atoms with van der Waals surface area (Å²) in [5, 5.41) is 9.11. The van der Waals surface area contributed by atoms with Crippen molar-refractivity contribution >= 4 is 5.97 Å². The molecule has 1 aliphatic rings. The number of ether oxygens (including phenoxy) is 2. The fourth-order valence-corrected chi connectivity index (χ4v) is 2.44. The molecule has 2 atom stereocenters. The molecule has 0 bridgehead atoms. The monoisotopic (exact) mass is 274 g/mol. The van der Waals surface area contributed by atoms with E-state index in [1.807, 2.05) is 25.1 Å². The molecule has 1 saturated heterocycles. The fourth-order valence-electron chi connectivity index (χ4n) is 2.44. The maximum absolute atomic E-state index is 11.6. The van der Waals surface area contributed by atoms with Gasteiger partial charge in [0.05, 0.1) is 24.8 Å². The minimum atomic E-state index is -0.557. The largest absolute Gasteiger partial charge is 0.467 e. The van der Waals surface area contributed by atoms with Crippen LogP contribution in [0.1, 0.15) is 18.1 Å². The Morgan fingerprint density at radius 1 is 1.50 bits per heavy atom. The fraction of sp³-hybridized carbons (Fsp3) is 0.467. The van der Waals surface area contributed by atoms with Gasteiger partial charge in [-0.25, -0.2) is 4.79 Å². The van der Waals surface area contributed by atoms with Crippen molar-refractivity contribution in [2.24, 2.45) is 0 Å². The lowest BCUT2D eigenvalue weighted by molar-refractivity contribution is -0.166. The first-order valence-electron chi connectivity index (χ1n) is 6.57. The van der Waals surface area contributed by atoms with Gasteiger partial charge in [-0.3, -0.25) is 4.90 Å². The molecular weight excluding hydrogens is 256 g/mol. The van der Waals surface area contributed by atoms with Gasteiger partial charge in [0, 0.05) is 19.6 Å². The third-order valence-corrected chi connectivity index (χ3v) is 3.33. The summed E-state index contributed by atoms with van der Waals surface area (Å²) in [5.74, 6) is -0.352. The van der Waals surface area contributed by atoms with E-state index in [0.717, 1.165) is 12.1 Å². The maximum Gasteiger partial charge on any atom is 0.336 e. The van der Waals surface area contributed by atoms with E-state index in [1.54, 1.807) is 6.07 Å². The molecule has 5 heteroatoms. The van der Waals surface area contributed by atoms with Gasteiger partial charge in [0.25, 0.3) is 0 Å². The average molecular weight is 274 g/mol.